The van der Waals surface area contributed by atoms with Crippen LogP contribution in [0.2, 0.25) is 0 Å². The number of carbonyl (C=O) groups excluding carboxylic acids is 1. The number of aromatic nitrogens is 1. The number of carbonyl (C=O) groups is 1. The molecule has 0 saturated carbocycles. The van der Waals surface area contributed by atoms with Gasteiger partial charge in [0.1, 0.15) is 5.01 Å². The topological polar surface area (TPSA) is 30.0 Å². The van der Waals surface area contributed by atoms with E-state index >= 15 is 0 Å². The summed E-state index contributed by atoms with van der Waals surface area (Å²) in [6.45, 7) is 0. The van der Waals surface area contributed by atoms with Gasteiger partial charge in [0.2, 0.25) is 0 Å². The molecule has 0 amide bonds. The molecule has 1 unspecified atom stereocenters. The van der Waals surface area contributed by atoms with E-state index in [2.05, 4.69) is 29.2 Å². The molecule has 0 bridgehead atoms. The van der Waals surface area contributed by atoms with Gasteiger partial charge in [0.15, 0.2) is 6.29 Å². The number of thiazole rings is 1. The van der Waals surface area contributed by atoms with Crippen molar-refractivity contribution in [3.8, 4) is 0 Å². The Balaban J connectivity index is 2.02. The van der Waals surface area contributed by atoms with Gasteiger partial charge in [-0.2, -0.15) is 0 Å². The third-order valence-electron chi connectivity index (χ3n) is 3.33. The number of fused-ring (bicyclic) bond motifs is 1. The van der Waals surface area contributed by atoms with Gasteiger partial charge in [-0.05, 0) is 30.4 Å². The summed E-state index contributed by atoms with van der Waals surface area (Å²) in [6.07, 6.45) is 6.08. The lowest BCUT2D eigenvalue weighted by Crippen LogP contribution is -2.10. The molecule has 0 fully saturated rings. The molecule has 1 aromatic carbocycles. The first kappa shape index (κ1) is 10.7. The Morgan fingerprint density at radius 3 is 3.06 bits per heavy atom. The molecule has 1 aliphatic carbocycles. The van der Waals surface area contributed by atoms with Crippen LogP contribution in [0.25, 0.3) is 0 Å². The van der Waals surface area contributed by atoms with Crippen molar-refractivity contribution in [1.82, 2.24) is 4.98 Å². The van der Waals surface area contributed by atoms with E-state index in [-0.39, 0.29) is 0 Å². The van der Waals surface area contributed by atoms with Crippen molar-refractivity contribution in [2.45, 2.75) is 25.2 Å². The van der Waals surface area contributed by atoms with E-state index in [4.69, 9.17) is 0 Å². The smallest absolute Gasteiger partial charge is 0.161 e. The Labute approximate surface area is 104 Å². The summed E-state index contributed by atoms with van der Waals surface area (Å²) < 4.78 is 0. The fourth-order valence-electron chi connectivity index (χ4n) is 2.53. The summed E-state index contributed by atoms with van der Waals surface area (Å²) in [5.41, 5.74) is 2.83. The number of hydrogen-bond acceptors (Lipinski definition) is 3. The van der Waals surface area contributed by atoms with Crippen LogP contribution in [0.1, 0.15) is 44.6 Å². The molecule has 1 aromatic heterocycles. The van der Waals surface area contributed by atoms with Crippen LogP contribution in [0.4, 0.5) is 0 Å². The molecule has 2 aromatic rings. The minimum Gasteiger partial charge on any atom is -0.297 e. The van der Waals surface area contributed by atoms with Crippen molar-refractivity contribution in [2.75, 3.05) is 0 Å². The summed E-state index contributed by atoms with van der Waals surface area (Å²) in [4.78, 5) is 15.8. The monoisotopic (exact) mass is 243 g/mol. The molecule has 3 heteroatoms. The molecule has 3 rings (SSSR count). The van der Waals surface area contributed by atoms with Crippen LogP contribution in [0.3, 0.4) is 0 Å². The van der Waals surface area contributed by atoms with Crippen LogP contribution in [-0.4, -0.2) is 11.3 Å². The van der Waals surface area contributed by atoms with Crippen molar-refractivity contribution in [1.29, 1.82) is 0 Å². The predicted octanol–water partition coefficient (Wildman–Crippen LogP) is 3.42. The second kappa shape index (κ2) is 4.41. The summed E-state index contributed by atoms with van der Waals surface area (Å²) in [6, 6.07) is 8.59. The number of nitrogens with zero attached hydrogens (tertiary/aromatic N) is 1. The van der Waals surface area contributed by atoms with Gasteiger partial charge in [-0.1, -0.05) is 24.3 Å². The van der Waals surface area contributed by atoms with Crippen LogP contribution >= 0.6 is 11.3 Å². The van der Waals surface area contributed by atoms with Gasteiger partial charge in [0, 0.05) is 12.1 Å². The molecule has 1 aliphatic rings. The molecule has 86 valence electrons. The minimum absolute atomic E-state index is 0.388. The van der Waals surface area contributed by atoms with Gasteiger partial charge in [-0.15, -0.1) is 11.3 Å². The van der Waals surface area contributed by atoms with E-state index in [9.17, 15) is 4.79 Å². The van der Waals surface area contributed by atoms with Gasteiger partial charge < -0.3 is 0 Å². The van der Waals surface area contributed by atoms with Crippen molar-refractivity contribution in [3.05, 3.63) is 51.5 Å². The first-order chi connectivity index (χ1) is 8.38. The first-order valence-electron chi connectivity index (χ1n) is 5.87. The molecular formula is C14H13NOS. The zero-order chi connectivity index (χ0) is 11.7. The molecule has 0 saturated heterocycles. The lowest BCUT2D eigenvalue weighted by atomic mass is 9.83. The van der Waals surface area contributed by atoms with Crippen LogP contribution < -0.4 is 0 Å². The van der Waals surface area contributed by atoms with Crippen molar-refractivity contribution >= 4 is 17.6 Å². The number of rotatable bonds is 2. The van der Waals surface area contributed by atoms with Crippen molar-refractivity contribution in [2.24, 2.45) is 0 Å². The van der Waals surface area contributed by atoms with Crippen LogP contribution in [-0.2, 0) is 6.42 Å². The molecule has 0 N–H and O–H groups in total. The summed E-state index contributed by atoms with van der Waals surface area (Å²) >= 11 is 1.52. The first-order valence-corrected chi connectivity index (χ1v) is 6.69. The number of hydrogen-bond donors (Lipinski definition) is 0. The number of aryl methyl sites for hydroxylation is 1. The van der Waals surface area contributed by atoms with Crippen molar-refractivity contribution in [3.63, 3.8) is 0 Å². The number of benzene rings is 1. The Bertz CT molecular complexity index is 547. The Morgan fingerprint density at radius 1 is 1.35 bits per heavy atom. The predicted molar refractivity (Wildman–Crippen MR) is 68.7 cm³/mol. The SMILES string of the molecule is O=Cc1cnc(C2CCCc3ccccc32)s1. The zero-order valence-electron chi connectivity index (χ0n) is 9.43. The van der Waals surface area contributed by atoms with Gasteiger partial charge in [-0.3, -0.25) is 4.79 Å². The quantitative estimate of drug-likeness (QED) is 0.756. The normalized spacial score (nSPS) is 18.7. The van der Waals surface area contributed by atoms with Gasteiger partial charge in [0.25, 0.3) is 0 Å². The minimum atomic E-state index is 0.388. The van der Waals surface area contributed by atoms with E-state index in [1.807, 2.05) is 0 Å². The summed E-state index contributed by atoms with van der Waals surface area (Å²) in [5, 5.41) is 1.08. The van der Waals surface area contributed by atoms with Crippen LogP contribution in [0, 0.1) is 0 Å². The standard InChI is InChI=1S/C14H13NOS/c16-9-11-8-15-14(17-11)13-7-3-5-10-4-1-2-6-12(10)13/h1-2,4,6,8-9,13H,3,5,7H2. The van der Waals surface area contributed by atoms with Gasteiger partial charge in [0.05, 0.1) is 4.88 Å². The Kier molecular flexibility index (Phi) is 2.77. The molecule has 0 radical (unpaired) electrons. The third kappa shape index (κ3) is 1.91. The molecule has 1 atom stereocenters. The molecule has 0 spiro atoms. The highest BCUT2D eigenvalue weighted by Crippen LogP contribution is 2.37. The highest BCUT2D eigenvalue weighted by Gasteiger charge is 2.23. The second-order valence-corrected chi connectivity index (χ2v) is 5.46. The van der Waals surface area contributed by atoms with E-state index in [0.717, 1.165) is 22.6 Å². The van der Waals surface area contributed by atoms with E-state index < -0.39 is 0 Å². The largest absolute Gasteiger partial charge is 0.297 e. The summed E-state index contributed by atoms with van der Waals surface area (Å²) in [5.74, 6) is 0.388. The average Bonchev–Trinajstić information content (AvgIpc) is 2.87. The Hall–Kier alpha value is -1.48. The third-order valence-corrected chi connectivity index (χ3v) is 4.36. The molecule has 0 aliphatic heterocycles. The highest BCUT2D eigenvalue weighted by atomic mass is 32.1. The van der Waals surface area contributed by atoms with Gasteiger partial charge >= 0.3 is 0 Å². The van der Waals surface area contributed by atoms with Gasteiger partial charge in [-0.25, -0.2) is 4.98 Å². The highest BCUT2D eigenvalue weighted by molar-refractivity contribution is 7.13. The fourth-order valence-corrected chi connectivity index (χ4v) is 3.41. The maximum atomic E-state index is 10.7. The van der Waals surface area contributed by atoms with Crippen LogP contribution in [0.5, 0.6) is 0 Å². The molecule has 2 nitrogen and oxygen atoms in total. The lowest BCUT2D eigenvalue weighted by molar-refractivity contribution is 0.112. The average molecular weight is 243 g/mol. The second-order valence-electron chi connectivity index (χ2n) is 4.36. The van der Waals surface area contributed by atoms with E-state index in [1.165, 1.54) is 35.3 Å². The molecule has 1 heterocycles. The van der Waals surface area contributed by atoms with E-state index in [1.54, 1.807) is 6.20 Å². The number of aldehydes is 1. The molecule has 17 heavy (non-hydrogen) atoms. The van der Waals surface area contributed by atoms with E-state index in [0.29, 0.717) is 5.92 Å². The van der Waals surface area contributed by atoms with Crippen molar-refractivity contribution < 1.29 is 4.79 Å². The molecular weight excluding hydrogens is 230 g/mol. The maximum Gasteiger partial charge on any atom is 0.161 e. The lowest BCUT2D eigenvalue weighted by Gasteiger charge is -2.23. The van der Waals surface area contributed by atoms with Crippen LogP contribution in [0.15, 0.2) is 30.5 Å². The summed E-state index contributed by atoms with van der Waals surface area (Å²) in [7, 11) is 0. The zero-order valence-corrected chi connectivity index (χ0v) is 10.2. The maximum absolute atomic E-state index is 10.7. The Morgan fingerprint density at radius 2 is 2.24 bits per heavy atom. The fraction of sp³-hybridized carbons (Fsp3) is 0.286.